The lowest BCUT2D eigenvalue weighted by Crippen LogP contribution is -2.35. The summed E-state index contributed by atoms with van der Waals surface area (Å²) in [5.74, 6) is 0.176. The number of amides is 1. The molecular formula is C14H19NO3. The number of ether oxygens (including phenoxy) is 1. The molecule has 1 amide bonds. The number of hydrogen-bond donors (Lipinski definition) is 1. The molecule has 1 heterocycles. The van der Waals surface area contributed by atoms with Gasteiger partial charge in [0, 0.05) is 12.6 Å². The second-order valence-electron chi connectivity index (χ2n) is 4.56. The molecule has 1 unspecified atom stereocenters. The Balaban J connectivity index is 2.28. The van der Waals surface area contributed by atoms with E-state index < -0.39 is 0 Å². The molecule has 1 aliphatic heterocycles. The smallest absolute Gasteiger partial charge is 0.258 e. The normalized spacial score (nSPS) is 19.0. The summed E-state index contributed by atoms with van der Waals surface area (Å²) in [5, 5.41) is 10.0. The Morgan fingerprint density at radius 3 is 3.00 bits per heavy atom. The molecule has 1 aromatic carbocycles. The maximum atomic E-state index is 12.4. The maximum absolute atomic E-state index is 12.4. The fourth-order valence-corrected chi connectivity index (χ4v) is 2.54. The van der Waals surface area contributed by atoms with E-state index in [9.17, 15) is 9.90 Å². The number of aromatic hydroxyl groups is 1. The third kappa shape index (κ3) is 2.15. The molecule has 0 spiro atoms. The van der Waals surface area contributed by atoms with Crippen LogP contribution in [0.2, 0.25) is 0 Å². The minimum Gasteiger partial charge on any atom is -0.504 e. The fraction of sp³-hybridized carbons (Fsp3) is 0.500. The summed E-state index contributed by atoms with van der Waals surface area (Å²) in [5.41, 5.74) is 0.328. The lowest BCUT2D eigenvalue weighted by atomic mass is 10.1. The summed E-state index contributed by atoms with van der Waals surface area (Å²) in [7, 11) is 1.48. The van der Waals surface area contributed by atoms with Crippen LogP contribution in [0.3, 0.4) is 0 Å². The molecule has 0 radical (unpaired) electrons. The predicted molar refractivity (Wildman–Crippen MR) is 69.0 cm³/mol. The van der Waals surface area contributed by atoms with Crippen molar-refractivity contribution in [1.29, 1.82) is 0 Å². The Morgan fingerprint density at radius 2 is 2.33 bits per heavy atom. The van der Waals surface area contributed by atoms with Gasteiger partial charge in [-0.2, -0.15) is 0 Å². The monoisotopic (exact) mass is 249 g/mol. The molecule has 1 atom stereocenters. The van der Waals surface area contributed by atoms with Crippen molar-refractivity contribution in [2.24, 2.45) is 0 Å². The standard InChI is InChI=1S/C14H19NO3/c1-3-10-6-5-9-15(10)14(17)11-7-4-8-12(18-2)13(11)16/h4,7-8,10,16H,3,5-6,9H2,1-2H3. The van der Waals surface area contributed by atoms with Crippen LogP contribution in [0, 0.1) is 0 Å². The molecule has 1 saturated heterocycles. The molecule has 1 N–H and O–H groups in total. The van der Waals surface area contributed by atoms with Gasteiger partial charge in [-0.05, 0) is 31.4 Å². The van der Waals surface area contributed by atoms with E-state index in [1.165, 1.54) is 7.11 Å². The summed E-state index contributed by atoms with van der Waals surface area (Å²) >= 11 is 0. The topological polar surface area (TPSA) is 49.8 Å². The molecule has 0 bridgehead atoms. The molecule has 98 valence electrons. The second kappa shape index (κ2) is 5.29. The van der Waals surface area contributed by atoms with E-state index in [1.807, 2.05) is 4.90 Å². The van der Waals surface area contributed by atoms with Crippen LogP contribution in [0.4, 0.5) is 0 Å². The molecule has 0 aliphatic carbocycles. The second-order valence-corrected chi connectivity index (χ2v) is 4.56. The number of likely N-dealkylation sites (tertiary alicyclic amines) is 1. The minimum atomic E-state index is -0.101. The van der Waals surface area contributed by atoms with Gasteiger partial charge in [0.2, 0.25) is 0 Å². The zero-order valence-corrected chi connectivity index (χ0v) is 10.8. The van der Waals surface area contributed by atoms with E-state index >= 15 is 0 Å². The van der Waals surface area contributed by atoms with Gasteiger partial charge in [-0.3, -0.25) is 4.79 Å². The van der Waals surface area contributed by atoms with Crippen LogP contribution in [0.5, 0.6) is 11.5 Å². The molecule has 1 aromatic rings. The number of phenols is 1. The first-order valence-corrected chi connectivity index (χ1v) is 6.36. The average Bonchev–Trinajstić information content (AvgIpc) is 2.86. The van der Waals surface area contributed by atoms with Gasteiger partial charge in [0.1, 0.15) is 0 Å². The Labute approximate surface area is 107 Å². The highest BCUT2D eigenvalue weighted by molar-refractivity contribution is 5.98. The van der Waals surface area contributed by atoms with Crippen LogP contribution in [0.15, 0.2) is 18.2 Å². The zero-order chi connectivity index (χ0) is 13.1. The van der Waals surface area contributed by atoms with Crippen molar-refractivity contribution in [2.45, 2.75) is 32.2 Å². The number of methoxy groups -OCH3 is 1. The molecule has 0 saturated carbocycles. The highest BCUT2D eigenvalue weighted by atomic mass is 16.5. The number of hydrogen-bond acceptors (Lipinski definition) is 3. The first-order chi connectivity index (χ1) is 8.69. The van der Waals surface area contributed by atoms with Gasteiger partial charge in [0.25, 0.3) is 5.91 Å². The number of nitrogens with zero attached hydrogens (tertiary/aromatic N) is 1. The van der Waals surface area contributed by atoms with E-state index in [0.29, 0.717) is 17.4 Å². The van der Waals surface area contributed by atoms with Crippen molar-refractivity contribution < 1.29 is 14.6 Å². The molecule has 0 aromatic heterocycles. The number of carbonyl (C=O) groups excluding carboxylic acids is 1. The molecule has 2 rings (SSSR count). The average molecular weight is 249 g/mol. The minimum absolute atomic E-state index is 0.0632. The lowest BCUT2D eigenvalue weighted by Gasteiger charge is -2.24. The van der Waals surface area contributed by atoms with Crippen LogP contribution in [-0.2, 0) is 0 Å². The Bertz CT molecular complexity index is 445. The summed E-state index contributed by atoms with van der Waals surface area (Å²) < 4.78 is 5.03. The van der Waals surface area contributed by atoms with Crippen molar-refractivity contribution in [3.63, 3.8) is 0 Å². The first-order valence-electron chi connectivity index (χ1n) is 6.36. The van der Waals surface area contributed by atoms with Gasteiger partial charge < -0.3 is 14.7 Å². The number of rotatable bonds is 3. The number of phenolic OH excluding ortho intramolecular Hbond substituents is 1. The van der Waals surface area contributed by atoms with Crippen molar-refractivity contribution >= 4 is 5.91 Å². The van der Waals surface area contributed by atoms with Crippen LogP contribution >= 0.6 is 0 Å². The summed E-state index contributed by atoms with van der Waals surface area (Å²) in [6, 6.07) is 5.31. The summed E-state index contributed by atoms with van der Waals surface area (Å²) in [4.78, 5) is 14.3. The molecule has 4 heteroatoms. The summed E-state index contributed by atoms with van der Waals surface area (Å²) in [6.07, 6.45) is 3.04. The predicted octanol–water partition coefficient (Wildman–Crippen LogP) is 2.42. The molecule has 1 aliphatic rings. The molecular weight excluding hydrogens is 230 g/mol. The Kier molecular flexibility index (Phi) is 3.75. The van der Waals surface area contributed by atoms with E-state index in [1.54, 1.807) is 18.2 Å². The van der Waals surface area contributed by atoms with E-state index in [-0.39, 0.29) is 11.7 Å². The number of para-hydroxylation sites is 1. The van der Waals surface area contributed by atoms with Gasteiger partial charge >= 0.3 is 0 Å². The van der Waals surface area contributed by atoms with E-state index in [2.05, 4.69) is 6.92 Å². The van der Waals surface area contributed by atoms with Crippen molar-refractivity contribution in [3.8, 4) is 11.5 Å². The quantitative estimate of drug-likeness (QED) is 0.895. The lowest BCUT2D eigenvalue weighted by molar-refractivity contribution is 0.0730. The molecule has 4 nitrogen and oxygen atoms in total. The van der Waals surface area contributed by atoms with Crippen LogP contribution in [0.25, 0.3) is 0 Å². The van der Waals surface area contributed by atoms with Gasteiger partial charge in [-0.15, -0.1) is 0 Å². The van der Waals surface area contributed by atoms with Gasteiger partial charge in [-0.25, -0.2) is 0 Å². The summed E-state index contributed by atoms with van der Waals surface area (Å²) in [6.45, 7) is 2.86. The highest BCUT2D eigenvalue weighted by Gasteiger charge is 2.29. The van der Waals surface area contributed by atoms with Gasteiger partial charge in [0.05, 0.1) is 12.7 Å². The number of benzene rings is 1. The Hall–Kier alpha value is -1.71. The zero-order valence-electron chi connectivity index (χ0n) is 10.8. The van der Waals surface area contributed by atoms with E-state index in [4.69, 9.17) is 4.74 Å². The third-order valence-electron chi connectivity index (χ3n) is 3.56. The van der Waals surface area contributed by atoms with Crippen LogP contribution in [-0.4, -0.2) is 35.6 Å². The van der Waals surface area contributed by atoms with Crippen LogP contribution in [0.1, 0.15) is 36.5 Å². The largest absolute Gasteiger partial charge is 0.504 e. The molecule has 1 fully saturated rings. The fourth-order valence-electron chi connectivity index (χ4n) is 2.54. The van der Waals surface area contributed by atoms with E-state index in [0.717, 1.165) is 25.8 Å². The van der Waals surface area contributed by atoms with Crippen LogP contribution < -0.4 is 4.74 Å². The number of carbonyl (C=O) groups is 1. The van der Waals surface area contributed by atoms with Crippen molar-refractivity contribution in [3.05, 3.63) is 23.8 Å². The maximum Gasteiger partial charge on any atom is 0.258 e. The Morgan fingerprint density at radius 1 is 1.56 bits per heavy atom. The highest BCUT2D eigenvalue weighted by Crippen LogP contribution is 2.32. The van der Waals surface area contributed by atoms with Gasteiger partial charge in [0.15, 0.2) is 11.5 Å². The van der Waals surface area contributed by atoms with Gasteiger partial charge in [-0.1, -0.05) is 13.0 Å². The van der Waals surface area contributed by atoms with Crippen molar-refractivity contribution in [1.82, 2.24) is 4.90 Å². The first kappa shape index (κ1) is 12.7. The third-order valence-corrected chi connectivity index (χ3v) is 3.56. The SMILES string of the molecule is CCC1CCCN1C(=O)c1cccc(OC)c1O. The molecule has 18 heavy (non-hydrogen) atoms. The van der Waals surface area contributed by atoms with Crippen molar-refractivity contribution in [2.75, 3.05) is 13.7 Å².